The minimum atomic E-state index is -1.69. The van der Waals surface area contributed by atoms with Crippen molar-refractivity contribution in [3.8, 4) is 0 Å². The van der Waals surface area contributed by atoms with Crippen molar-refractivity contribution in [1.82, 2.24) is 58.5 Å². The van der Waals surface area contributed by atoms with Crippen LogP contribution in [0.4, 0.5) is 0 Å². The van der Waals surface area contributed by atoms with Crippen LogP contribution in [0.25, 0.3) is 0 Å². The van der Waals surface area contributed by atoms with Crippen LogP contribution in [-0.2, 0) is 52.7 Å². The average Bonchev–Trinajstić information content (AvgIpc) is 3.41. The molecule has 0 aliphatic carbocycles. The van der Waals surface area contributed by atoms with Crippen molar-refractivity contribution >= 4 is 65.0 Å². The van der Waals surface area contributed by atoms with Crippen molar-refractivity contribution in [2.45, 2.75) is 211 Å². The van der Waals surface area contributed by atoms with Gasteiger partial charge in [-0.2, -0.15) is 0 Å². The molecule has 13 atom stereocenters. The SMILES string of the molecule is CC[C@H](C)CCCCC(=O)N[C@@H](CCN)C(=O)N[C@H](C(=O)N[C@@H](CCN)C(=O)NC1CCNC(=O)[C@H]([C@@H](C)O)NC(=O)[C@H](CCN)NC(=O)[C@H](CCN)NC(=O)C(CC(C)C)NC(=O)[C@@H](CC(C)C)NC(=O)C(CCN)NC1=O)[C@@H](C)O. The van der Waals surface area contributed by atoms with Crippen LogP contribution < -0.4 is 87.2 Å². The van der Waals surface area contributed by atoms with E-state index in [9.17, 15) is 63.0 Å². The standard InChI is InChI=1S/C53H100N16O13/c1-9-30(6)12-10-11-13-41(72)60-33(14-20-54)48(77)69-43(32(8)71)53(82)65-36(17-23-57)45(74)64-38-19-25-59-52(81)42(31(7)70)68-49(78)37(18-24-58)62-44(73)34(15-21-55)63-50(79)39(26-28(2)3)67-51(80)40(27-29(4)5)66-46(75)35(16-22-56)61-47(38)76/h28-40,42-43,70-71H,9-27,54-58H2,1-8H3,(H,59,81)(H,60,72)(H,61,76)(H,62,73)(H,63,79)(H,64,74)(H,65,82)(H,66,75)(H,67,80)(H,68,78)(H,69,77)/t30-,31+,32+,33-,34-,35?,36-,37-,38?,39?,40+,42-,43-/m0/s1. The van der Waals surface area contributed by atoms with Gasteiger partial charge in [-0.15, -0.1) is 0 Å². The maximum Gasteiger partial charge on any atom is 0.245 e. The zero-order valence-electron chi connectivity index (χ0n) is 49.4. The summed E-state index contributed by atoms with van der Waals surface area (Å²) in [7, 11) is 0. The molecule has 0 aromatic heterocycles. The molecular formula is C53H100N16O13. The smallest absolute Gasteiger partial charge is 0.245 e. The maximum atomic E-state index is 14.4. The third-order valence-electron chi connectivity index (χ3n) is 13.7. The summed E-state index contributed by atoms with van der Waals surface area (Å²) < 4.78 is 0. The first-order valence-corrected chi connectivity index (χ1v) is 28.8. The van der Waals surface area contributed by atoms with Gasteiger partial charge in [-0.1, -0.05) is 60.8 Å². The molecule has 1 aliphatic heterocycles. The van der Waals surface area contributed by atoms with E-state index in [2.05, 4.69) is 72.3 Å². The Morgan fingerprint density at radius 3 is 1.39 bits per heavy atom. The highest BCUT2D eigenvalue weighted by molar-refractivity contribution is 5.99. The largest absolute Gasteiger partial charge is 0.391 e. The van der Waals surface area contributed by atoms with Crippen LogP contribution in [0.2, 0.25) is 0 Å². The van der Waals surface area contributed by atoms with Gasteiger partial charge in [0.05, 0.1) is 12.2 Å². The first-order valence-electron chi connectivity index (χ1n) is 28.8. The molecule has 0 spiro atoms. The molecule has 3 unspecified atom stereocenters. The van der Waals surface area contributed by atoms with Gasteiger partial charge in [0, 0.05) is 13.0 Å². The summed E-state index contributed by atoms with van der Waals surface area (Å²) in [6, 6.07) is -14.5. The van der Waals surface area contributed by atoms with Crippen LogP contribution in [0.3, 0.4) is 0 Å². The second-order valence-electron chi connectivity index (χ2n) is 22.0. The number of aliphatic hydroxyl groups excluding tert-OH is 2. The lowest BCUT2D eigenvalue weighted by atomic mass is 9.99. The summed E-state index contributed by atoms with van der Waals surface area (Å²) in [6.45, 7) is 12.6. The van der Waals surface area contributed by atoms with Crippen LogP contribution in [0, 0.1) is 17.8 Å². The Kier molecular flexibility index (Phi) is 35.5. The number of amides is 11. The molecule has 0 radical (unpaired) electrons. The van der Waals surface area contributed by atoms with E-state index in [0.717, 1.165) is 19.3 Å². The number of aliphatic hydroxyl groups is 2. The van der Waals surface area contributed by atoms with Gasteiger partial charge in [-0.25, -0.2) is 0 Å². The molecule has 0 aromatic carbocycles. The fourth-order valence-corrected chi connectivity index (χ4v) is 8.76. The monoisotopic (exact) mass is 1170 g/mol. The van der Waals surface area contributed by atoms with E-state index in [-0.39, 0.29) is 95.9 Å². The van der Waals surface area contributed by atoms with Crippen molar-refractivity contribution in [2.24, 2.45) is 46.4 Å². The lowest BCUT2D eigenvalue weighted by Crippen LogP contribution is -2.62. The maximum absolute atomic E-state index is 14.4. The summed E-state index contributed by atoms with van der Waals surface area (Å²) >= 11 is 0. The number of carbonyl (C=O) groups excluding carboxylic acids is 11. The molecule has 1 fully saturated rings. The van der Waals surface area contributed by atoms with Crippen LogP contribution in [-0.4, -0.2) is 187 Å². The molecule has 0 bridgehead atoms. The molecule has 470 valence electrons. The first kappa shape index (κ1) is 73.9. The lowest BCUT2D eigenvalue weighted by molar-refractivity contribution is -0.137. The number of nitrogens with two attached hydrogens (primary N) is 5. The van der Waals surface area contributed by atoms with E-state index in [1.807, 2.05) is 0 Å². The first-order chi connectivity index (χ1) is 38.7. The Bertz CT molecular complexity index is 2070. The number of hydrogen-bond donors (Lipinski definition) is 18. The van der Waals surface area contributed by atoms with Crippen molar-refractivity contribution in [3.05, 3.63) is 0 Å². The normalized spacial score (nSPS) is 23.4. The van der Waals surface area contributed by atoms with Crippen LogP contribution in [0.5, 0.6) is 0 Å². The Morgan fingerprint density at radius 1 is 0.524 bits per heavy atom. The van der Waals surface area contributed by atoms with Gasteiger partial charge in [0.15, 0.2) is 0 Å². The molecular weight excluding hydrogens is 1070 g/mol. The molecule has 23 N–H and O–H groups in total. The predicted molar refractivity (Wildman–Crippen MR) is 305 cm³/mol. The topological polar surface area (TPSA) is 491 Å². The fraction of sp³-hybridized carbons (Fsp3) is 0.792. The second kappa shape index (κ2) is 39.4. The minimum absolute atomic E-state index is 0.0131. The number of hydrogen-bond acceptors (Lipinski definition) is 18. The third-order valence-corrected chi connectivity index (χ3v) is 13.7. The second-order valence-corrected chi connectivity index (χ2v) is 22.0. The zero-order valence-corrected chi connectivity index (χ0v) is 49.4. The van der Waals surface area contributed by atoms with Crippen LogP contribution >= 0.6 is 0 Å². The van der Waals surface area contributed by atoms with E-state index in [1.54, 1.807) is 27.7 Å². The molecule has 1 rings (SSSR count). The summed E-state index contributed by atoms with van der Waals surface area (Å²) in [4.78, 5) is 153. The van der Waals surface area contributed by atoms with Gasteiger partial charge in [-0.05, 0) is 122 Å². The molecule has 1 heterocycles. The molecule has 82 heavy (non-hydrogen) atoms. The van der Waals surface area contributed by atoms with E-state index >= 15 is 0 Å². The Hall–Kier alpha value is -6.11. The number of carbonyl (C=O) groups is 11. The van der Waals surface area contributed by atoms with Gasteiger partial charge in [0.2, 0.25) is 65.0 Å². The summed E-state index contributed by atoms with van der Waals surface area (Å²) in [6.07, 6.45) is -0.760. The molecule has 0 saturated carbocycles. The molecule has 29 heteroatoms. The molecule has 1 saturated heterocycles. The van der Waals surface area contributed by atoms with Gasteiger partial charge in [0.1, 0.15) is 60.4 Å². The van der Waals surface area contributed by atoms with Gasteiger partial charge < -0.3 is 97.4 Å². The summed E-state index contributed by atoms with van der Waals surface area (Å²) in [5, 5.41) is 49.5. The van der Waals surface area contributed by atoms with Gasteiger partial charge in [0.25, 0.3) is 0 Å². The molecule has 11 amide bonds. The van der Waals surface area contributed by atoms with E-state index < -0.39 is 151 Å². The Morgan fingerprint density at radius 2 is 0.963 bits per heavy atom. The molecule has 29 nitrogen and oxygen atoms in total. The minimum Gasteiger partial charge on any atom is -0.391 e. The van der Waals surface area contributed by atoms with Crippen molar-refractivity contribution in [3.63, 3.8) is 0 Å². The van der Waals surface area contributed by atoms with Gasteiger partial charge >= 0.3 is 0 Å². The Labute approximate surface area is 482 Å². The highest BCUT2D eigenvalue weighted by Gasteiger charge is 2.37. The summed E-state index contributed by atoms with van der Waals surface area (Å²) in [5.74, 6) is -9.49. The van der Waals surface area contributed by atoms with Crippen molar-refractivity contribution in [1.29, 1.82) is 0 Å². The number of rotatable bonds is 29. The average molecular weight is 1170 g/mol. The highest BCUT2D eigenvalue weighted by Crippen LogP contribution is 2.14. The van der Waals surface area contributed by atoms with Crippen molar-refractivity contribution in [2.75, 3.05) is 39.3 Å². The predicted octanol–water partition coefficient (Wildman–Crippen LogP) is -5.44. The highest BCUT2D eigenvalue weighted by atomic mass is 16.3. The number of nitrogens with one attached hydrogen (secondary N) is 11. The molecule has 0 aromatic rings. The van der Waals surface area contributed by atoms with Crippen molar-refractivity contribution < 1.29 is 63.0 Å². The summed E-state index contributed by atoms with van der Waals surface area (Å²) in [5.41, 5.74) is 29.2. The van der Waals surface area contributed by atoms with Crippen LogP contribution in [0.1, 0.15) is 139 Å². The van der Waals surface area contributed by atoms with Crippen LogP contribution in [0.15, 0.2) is 0 Å². The Balaban J connectivity index is 3.81. The van der Waals surface area contributed by atoms with E-state index in [0.29, 0.717) is 12.3 Å². The molecule has 1 aliphatic rings. The van der Waals surface area contributed by atoms with E-state index in [4.69, 9.17) is 28.7 Å². The quantitative estimate of drug-likeness (QED) is 0.0311. The van der Waals surface area contributed by atoms with E-state index in [1.165, 1.54) is 13.8 Å². The lowest BCUT2D eigenvalue weighted by Gasteiger charge is -2.29. The third kappa shape index (κ3) is 27.3. The van der Waals surface area contributed by atoms with Gasteiger partial charge in [-0.3, -0.25) is 52.7 Å². The zero-order chi connectivity index (χ0) is 62.2. The number of unbranched alkanes of at least 4 members (excludes halogenated alkanes) is 1. The fourth-order valence-electron chi connectivity index (χ4n) is 8.76.